The Labute approximate surface area is 224 Å². The van der Waals surface area contributed by atoms with Crippen molar-refractivity contribution in [2.24, 2.45) is 0 Å². The minimum Gasteiger partial charge on any atom is -0.493 e. The van der Waals surface area contributed by atoms with Crippen molar-refractivity contribution in [2.45, 2.75) is 69.6 Å². The third kappa shape index (κ3) is 6.02. The van der Waals surface area contributed by atoms with Gasteiger partial charge in [0.2, 0.25) is 11.8 Å². The van der Waals surface area contributed by atoms with Gasteiger partial charge in [0, 0.05) is 43.5 Å². The molecule has 0 fully saturated rings. The van der Waals surface area contributed by atoms with Gasteiger partial charge in [-0.1, -0.05) is 29.8 Å². The van der Waals surface area contributed by atoms with Crippen LogP contribution in [0, 0.1) is 6.92 Å². The van der Waals surface area contributed by atoms with E-state index in [9.17, 15) is 18.0 Å². The summed E-state index contributed by atoms with van der Waals surface area (Å²) in [6, 6.07) is 10.9. The van der Waals surface area contributed by atoms with E-state index in [1.165, 1.54) is 24.5 Å². The predicted octanol–water partition coefficient (Wildman–Crippen LogP) is 3.22. The molecule has 0 spiro atoms. The molecule has 2 aliphatic heterocycles. The maximum Gasteiger partial charge on any atom is 0.264 e. The van der Waals surface area contributed by atoms with Crippen molar-refractivity contribution in [2.75, 3.05) is 13.7 Å². The normalized spacial score (nSPS) is 19.4. The number of fused-ring (bicyclic) bond motifs is 1. The standard InChI is InChI=1S/C28H36N4O5S/c1-19-6-9-21(10-7-19)38(35,36)32-14-13-29-27(34)24(32)17-26(33)31(5)23-12-15-37-25-16-20(8-11-22(23)25)18-30-28(2,3)4/h6-11,13-14,16,23-24,30H,12,15,17-18H2,1-5H3,(H,29,34). The summed E-state index contributed by atoms with van der Waals surface area (Å²) in [6.45, 7) is 9.32. The van der Waals surface area contributed by atoms with E-state index in [0.29, 0.717) is 19.6 Å². The number of benzene rings is 2. The van der Waals surface area contributed by atoms with Crippen LogP contribution < -0.4 is 15.4 Å². The topological polar surface area (TPSA) is 108 Å². The molecule has 2 aromatic rings. The van der Waals surface area contributed by atoms with Crippen LogP contribution in [0.1, 0.15) is 56.3 Å². The summed E-state index contributed by atoms with van der Waals surface area (Å²) in [7, 11) is -2.35. The highest BCUT2D eigenvalue weighted by atomic mass is 32.2. The molecule has 2 heterocycles. The molecule has 2 amide bonds. The molecule has 9 nitrogen and oxygen atoms in total. The van der Waals surface area contributed by atoms with Crippen molar-refractivity contribution in [1.29, 1.82) is 0 Å². The number of sulfonamides is 1. The van der Waals surface area contributed by atoms with Crippen molar-refractivity contribution in [3.63, 3.8) is 0 Å². The largest absolute Gasteiger partial charge is 0.493 e. The predicted molar refractivity (Wildman–Crippen MR) is 145 cm³/mol. The summed E-state index contributed by atoms with van der Waals surface area (Å²) in [5.41, 5.74) is 2.87. The number of aryl methyl sites for hydroxylation is 1. The molecule has 204 valence electrons. The van der Waals surface area contributed by atoms with E-state index in [-0.39, 0.29) is 28.8 Å². The second-order valence-electron chi connectivity index (χ2n) is 10.8. The number of hydrogen-bond acceptors (Lipinski definition) is 6. The van der Waals surface area contributed by atoms with Crippen molar-refractivity contribution < 1.29 is 22.7 Å². The summed E-state index contributed by atoms with van der Waals surface area (Å²) < 4.78 is 33.6. The fourth-order valence-electron chi connectivity index (χ4n) is 4.55. The zero-order chi connectivity index (χ0) is 27.7. The number of carbonyl (C=O) groups is 2. The zero-order valence-electron chi connectivity index (χ0n) is 22.5. The molecule has 2 atom stereocenters. The van der Waals surface area contributed by atoms with Crippen LogP contribution >= 0.6 is 0 Å². The van der Waals surface area contributed by atoms with E-state index in [4.69, 9.17) is 4.74 Å². The van der Waals surface area contributed by atoms with Gasteiger partial charge in [-0.15, -0.1) is 0 Å². The Bertz CT molecular complexity index is 1330. The number of hydrogen-bond donors (Lipinski definition) is 2. The van der Waals surface area contributed by atoms with Crippen LogP contribution in [0.4, 0.5) is 0 Å². The smallest absolute Gasteiger partial charge is 0.264 e. The first-order chi connectivity index (χ1) is 17.9. The van der Waals surface area contributed by atoms with E-state index >= 15 is 0 Å². The molecular formula is C28H36N4O5S. The highest BCUT2D eigenvalue weighted by Crippen LogP contribution is 2.37. The van der Waals surface area contributed by atoms with E-state index in [0.717, 1.165) is 26.7 Å². The quantitative estimate of drug-likeness (QED) is 0.559. The van der Waals surface area contributed by atoms with Gasteiger partial charge in [-0.05, 0) is 51.5 Å². The maximum absolute atomic E-state index is 13.4. The second kappa shape index (κ2) is 10.8. The molecule has 38 heavy (non-hydrogen) atoms. The van der Waals surface area contributed by atoms with Gasteiger partial charge in [0.1, 0.15) is 11.8 Å². The molecule has 0 aliphatic carbocycles. The molecule has 2 unspecified atom stereocenters. The fraction of sp³-hybridized carbons (Fsp3) is 0.429. The maximum atomic E-state index is 13.4. The van der Waals surface area contributed by atoms with Gasteiger partial charge in [-0.2, -0.15) is 0 Å². The van der Waals surface area contributed by atoms with Gasteiger partial charge in [0.15, 0.2) is 0 Å². The number of nitrogens with one attached hydrogen (secondary N) is 2. The molecule has 2 aromatic carbocycles. The van der Waals surface area contributed by atoms with Gasteiger partial charge in [-0.25, -0.2) is 8.42 Å². The minimum absolute atomic E-state index is 0.0205. The molecule has 2 N–H and O–H groups in total. The Morgan fingerprint density at radius 2 is 1.89 bits per heavy atom. The summed E-state index contributed by atoms with van der Waals surface area (Å²) in [5, 5.41) is 6.00. The van der Waals surface area contributed by atoms with E-state index < -0.39 is 22.0 Å². The summed E-state index contributed by atoms with van der Waals surface area (Å²) in [4.78, 5) is 27.9. The van der Waals surface area contributed by atoms with Gasteiger partial charge in [0.25, 0.3) is 10.0 Å². The van der Waals surface area contributed by atoms with Gasteiger partial charge >= 0.3 is 0 Å². The minimum atomic E-state index is -4.04. The molecule has 0 saturated heterocycles. The molecule has 10 heteroatoms. The first kappa shape index (κ1) is 27.7. The average Bonchev–Trinajstić information content (AvgIpc) is 2.87. The van der Waals surface area contributed by atoms with Crippen molar-refractivity contribution in [3.8, 4) is 5.75 Å². The van der Waals surface area contributed by atoms with Gasteiger partial charge in [-0.3, -0.25) is 13.9 Å². The molecule has 0 saturated carbocycles. The SMILES string of the molecule is Cc1ccc(S(=O)(=O)N2C=CNC(=O)C2CC(=O)N(C)C2CCOc3cc(CNC(C)(C)C)ccc32)cc1. The number of ether oxygens (including phenoxy) is 1. The lowest BCUT2D eigenvalue weighted by molar-refractivity contribution is -0.136. The lowest BCUT2D eigenvalue weighted by Gasteiger charge is -2.36. The molecular weight excluding hydrogens is 504 g/mol. The van der Waals surface area contributed by atoms with Crippen LogP contribution in [0.5, 0.6) is 5.75 Å². The van der Waals surface area contributed by atoms with E-state index in [1.807, 2.05) is 25.1 Å². The molecule has 0 radical (unpaired) electrons. The highest BCUT2D eigenvalue weighted by molar-refractivity contribution is 7.89. The van der Waals surface area contributed by atoms with Gasteiger partial charge < -0.3 is 20.3 Å². The molecule has 4 rings (SSSR count). The van der Waals surface area contributed by atoms with Crippen LogP contribution in [0.25, 0.3) is 0 Å². The highest BCUT2D eigenvalue weighted by Gasteiger charge is 2.39. The second-order valence-corrected chi connectivity index (χ2v) is 12.7. The Morgan fingerprint density at radius 3 is 2.58 bits per heavy atom. The number of carbonyl (C=O) groups excluding carboxylic acids is 2. The van der Waals surface area contributed by atoms with Gasteiger partial charge in [0.05, 0.1) is 24.0 Å². The molecule has 2 aliphatic rings. The summed E-state index contributed by atoms with van der Waals surface area (Å²) in [5.74, 6) is -0.148. The lowest BCUT2D eigenvalue weighted by Crippen LogP contribution is -2.51. The first-order valence-electron chi connectivity index (χ1n) is 12.7. The van der Waals surface area contributed by atoms with E-state index in [1.54, 1.807) is 24.1 Å². The average molecular weight is 541 g/mol. The summed E-state index contributed by atoms with van der Waals surface area (Å²) >= 11 is 0. The van der Waals surface area contributed by atoms with Crippen molar-refractivity contribution in [1.82, 2.24) is 19.8 Å². The third-order valence-electron chi connectivity index (χ3n) is 6.79. The van der Waals surface area contributed by atoms with Crippen molar-refractivity contribution in [3.05, 3.63) is 71.6 Å². The fourth-order valence-corrected chi connectivity index (χ4v) is 6.00. The Morgan fingerprint density at radius 1 is 1.18 bits per heavy atom. The van der Waals surface area contributed by atoms with Crippen LogP contribution in [0.3, 0.4) is 0 Å². The van der Waals surface area contributed by atoms with Crippen LogP contribution in [0.2, 0.25) is 0 Å². The molecule has 0 aromatic heterocycles. The van der Waals surface area contributed by atoms with Crippen LogP contribution in [-0.4, -0.2) is 54.7 Å². The Hall–Kier alpha value is -3.37. The van der Waals surface area contributed by atoms with Crippen LogP contribution in [0.15, 0.2) is 59.8 Å². The monoisotopic (exact) mass is 540 g/mol. The summed E-state index contributed by atoms with van der Waals surface area (Å²) in [6.07, 6.45) is 2.88. The number of rotatable bonds is 7. The third-order valence-corrected chi connectivity index (χ3v) is 8.59. The van der Waals surface area contributed by atoms with E-state index in [2.05, 4.69) is 31.4 Å². The molecule has 0 bridgehead atoms. The Kier molecular flexibility index (Phi) is 7.85. The first-order valence-corrected chi connectivity index (χ1v) is 14.1. The van der Waals surface area contributed by atoms with Crippen LogP contribution in [-0.2, 0) is 26.2 Å². The zero-order valence-corrected chi connectivity index (χ0v) is 23.3. The van der Waals surface area contributed by atoms with Crippen molar-refractivity contribution >= 4 is 21.8 Å². The lowest BCUT2D eigenvalue weighted by atomic mass is 9.96. The number of amides is 2. The Balaban J connectivity index is 1.52. The number of nitrogens with zero attached hydrogens (tertiary/aromatic N) is 2.